The topological polar surface area (TPSA) is 37.4 Å². The maximum absolute atomic E-state index is 12.8. The molecule has 3 nitrogen and oxygen atoms in total. The standard InChI is InChI=1S/C14H17ClF3NO2S/c1-9-5-10(2)8-19(7-9)22(20,21)13-6-11(14(16,17)18)3-4-12(13)15/h3-4,6,9-10H,5,7-8H2,1-2H3. The molecule has 0 spiro atoms. The van der Waals surface area contributed by atoms with Crippen LogP contribution in [0.3, 0.4) is 0 Å². The Kier molecular flexibility index (Phi) is 4.80. The van der Waals surface area contributed by atoms with Gasteiger partial charge in [-0.3, -0.25) is 0 Å². The zero-order chi connectivity index (χ0) is 16.7. The SMILES string of the molecule is CC1CC(C)CN(S(=O)(=O)c2cc(C(F)(F)F)ccc2Cl)C1. The van der Waals surface area contributed by atoms with Crippen molar-refractivity contribution in [3.8, 4) is 0 Å². The number of piperidine rings is 1. The van der Waals surface area contributed by atoms with Gasteiger partial charge in [-0.1, -0.05) is 25.4 Å². The van der Waals surface area contributed by atoms with Gasteiger partial charge in [0, 0.05) is 13.1 Å². The van der Waals surface area contributed by atoms with Crippen molar-refractivity contribution in [2.24, 2.45) is 11.8 Å². The third kappa shape index (κ3) is 3.58. The van der Waals surface area contributed by atoms with Crippen LogP contribution < -0.4 is 0 Å². The Labute approximate surface area is 133 Å². The fourth-order valence-electron chi connectivity index (χ4n) is 2.82. The molecule has 0 N–H and O–H groups in total. The van der Waals surface area contributed by atoms with Crippen molar-refractivity contribution in [1.82, 2.24) is 4.31 Å². The average Bonchev–Trinajstić information content (AvgIpc) is 2.36. The molecule has 1 aromatic rings. The Morgan fingerprint density at radius 2 is 1.73 bits per heavy atom. The van der Waals surface area contributed by atoms with Crippen molar-refractivity contribution in [1.29, 1.82) is 0 Å². The lowest BCUT2D eigenvalue weighted by molar-refractivity contribution is -0.137. The Balaban J connectivity index is 2.45. The molecular formula is C14H17ClF3NO2S. The predicted octanol–water partition coefficient (Wildman–Crippen LogP) is 4.03. The number of halogens is 4. The number of hydrogen-bond acceptors (Lipinski definition) is 2. The molecule has 0 aliphatic carbocycles. The fraction of sp³-hybridized carbons (Fsp3) is 0.571. The summed E-state index contributed by atoms with van der Waals surface area (Å²) in [6.45, 7) is 4.43. The highest BCUT2D eigenvalue weighted by molar-refractivity contribution is 7.89. The van der Waals surface area contributed by atoms with Crippen LogP contribution in [0.5, 0.6) is 0 Å². The molecule has 2 atom stereocenters. The van der Waals surface area contributed by atoms with Crippen molar-refractivity contribution in [2.75, 3.05) is 13.1 Å². The highest BCUT2D eigenvalue weighted by atomic mass is 35.5. The summed E-state index contributed by atoms with van der Waals surface area (Å²) in [5.41, 5.74) is -1.02. The third-order valence-electron chi connectivity index (χ3n) is 3.71. The van der Waals surface area contributed by atoms with Crippen LogP contribution in [-0.4, -0.2) is 25.8 Å². The largest absolute Gasteiger partial charge is 0.416 e. The van der Waals surface area contributed by atoms with Crippen molar-refractivity contribution in [3.05, 3.63) is 28.8 Å². The van der Waals surface area contributed by atoms with E-state index < -0.39 is 26.7 Å². The molecule has 0 aromatic heterocycles. The number of rotatable bonds is 2. The zero-order valence-electron chi connectivity index (χ0n) is 12.2. The van der Waals surface area contributed by atoms with E-state index in [-0.39, 0.29) is 16.9 Å². The van der Waals surface area contributed by atoms with Gasteiger partial charge < -0.3 is 0 Å². The molecule has 124 valence electrons. The van der Waals surface area contributed by atoms with Gasteiger partial charge >= 0.3 is 6.18 Å². The first kappa shape index (κ1) is 17.6. The maximum Gasteiger partial charge on any atom is 0.416 e. The molecule has 8 heteroatoms. The van der Waals surface area contributed by atoms with Gasteiger partial charge in [0.05, 0.1) is 10.6 Å². The molecule has 0 amide bonds. The minimum Gasteiger partial charge on any atom is -0.207 e. The molecule has 0 bridgehead atoms. The van der Waals surface area contributed by atoms with Crippen LogP contribution in [-0.2, 0) is 16.2 Å². The van der Waals surface area contributed by atoms with E-state index in [1.54, 1.807) is 0 Å². The lowest BCUT2D eigenvalue weighted by Gasteiger charge is -2.34. The van der Waals surface area contributed by atoms with Crippen LogP contribution in [0.4, 0.5) is 13.2 Å². The van der Waals surface area contributed by atoms with Crippen LogP contribution in [0.15, 0.2) is 23.1 Å². The normalized spacial score (nSPS) is 24.5. The van der Waals surface area contributed by atoms with Crippen LogP contribution in [0.2, 0.25) is 5.02 Å². The molecule has 0 saturated carbocycles. The monoisotopic (exact) mass is 355 g/mol. The quantitative estimate of drug-likeness (QED) is 0.803. The molecule has 22 heavy (non-hydrogen) atoms. The smallest absolute Gasteiger partial charge is 0.207 e. The fourth-order valence-corrected chi connectivity index (χ4v) is 5.00. The lowest BCUT2D eigenvalue weighted by Crippen LogP contribution is -2.42. The number of benzene rings is 1. The molecule has 2 unspecified atom stereocenters. The third-order valence-corrected chi connectivity index (χ3v) is 6.02. The highest BCUT2D eigenvalue weighted by Crippen LogP contribution is 2.35. The molecule has 0 radical (unpaired) electrons. The molecule has 2 rings (SSSR count). The van der Waals surface area contributed by atoms with E-state index in [1.807, 2.05) is 13.8 Å². The second-order valence-electron chi connectivity index (χ2n) is 5.91. The lowest BCUT2D eigenvalue weighted by atomic mass is 9.94. The first-order valence-corrected chi connectivity index (χ1v) is 8.70. The second-order valence-corrected chi connectivity index (χ2v) is 8.22. The summed E-state index contributed by atoms with van der Waals surface area (Å²) >= 11 is 5.85. The van der Waals surface area contributed by atoms with E-state index in [2.05, 4.69) is 0 Å². The van der Waals surface area contributed by atoms with Crippen LogP contribution in [0.1, 0.15) is 25.8 Å². The Morgan fingerprint density at radius 1 is 1.18 bits per heavy atom. The van der Waals surface area contributed by atoms with Gasteiger partial charge in [-0.25, -0.2) is 8.42 Å². The molecule has 1 heterocycles. The summed E-state index contributed by atoms with van der Waals surface area (Å²) < 4.78 is 64.9. The van der Waals surface area contributed by atoms with Crippen LogP contribution in [0.25, 0.3) is 0 Å². The summed E-state index contributed by atoms with van der Waals surface area (Å²) in [7, 11) is -4.04. The first-order chi connectivity index (χ1) is 10.0. The first-order valence-electron chi connectivity index (χ1n) is 6.88. The van der Waals surface area contributed by atoms with E-state index in [0.717, 1.165) is 18.6 Å². The predicted molar refractivity (Wildman–Crippen MR) is 78.2 cm³/mol. The summed E-state index contributed by atoms with van der Waals surface area (Å²) in [6, 6.07) is 2.37. The molecule has 1 aromatic carbocycles. The number of alkyl halides is 3. The van der Waals surface area contributed by atoms with E-state index in [0.29, 0.717) is 19.2 Å². The van der Waals surface area contributed by atoms with Crippen LogP contribution in [0, 0.1) is 11.8 Å². The number of nitrogens with zero attached hydrogens (tertiary/aromatic N) is 1. The molecule has 1 aliphatic rings. The van der Waals surface area contributed by atoms with Crippen molar-refractivity contribution >= 4 is 21.6 Å². The summed E-state index contributed by atoms with van der Waals surface area (Å²) in [5, 5.41) is -0.195. The molecule has 1 saturated heterocycles. The van der Waals surface area contributed by atoms with E-state index in [4.69, 9.17) is 11.6 Å². The zero-order valence-corrected chi connectivity index (χ0v) is 13.8. The summed E-state index contributed by atoms with van der Waals surface area (Å²) in [4.78, 5) is -0.481. The van der Waals surface area contributed by atoms with E-state index >= 15 is 0 Å². The molecular weight excluding hydrogens is 339 g/mol. The Morgan fingerprint density at radius 3 is 2.23 bits per heavy atom. The van der Waals surface area contributed by atoms with Gasteiger partial charge in [-0.15, -0.1) is 0 Å². The maximum atomic E-state index is 12.8. The van der Waals surface area contributed by atoms with Gasteiger partial charge in [0.15, 0.2) is 0 Å². The van der Waals surface area contributed by atoms with Gasteiger partial charge in [-0.2, -0.15) is 17.5 Å². The van der Waals surface area contributed by atoms with Crippen molar-refractivity contribution in [3.63, 3.8) is 0 Å². The van der Waals surface area contributed by atoms with Gasteiger partial charge in [0.2, 0.25) is 10.0 Å². The summed E-state index contributed by atoms with van der Waals surface area (Å²) in [5.74, 6) is 0.311. The summed E-state index contributed by atoms with van der Waals surface area (Å²) in [6.07, 6.45) is -3.72. The Hall–Kier alpha value is -0.790. The highest BCUT2D eigenvalue weighted by Gasteiger charge is 2.36. The van der Waals surface area contributed by atoms with Gasteiger partial charge in [0.1, 0.15) is 4.90 Å². The van der Waals surface area contributed by atoms with Crippen molar-refractivity contribution < 1.29 is 21.6 Å². The van der Waals surface area contributed by atoms with E-state index in [9.17, 15) is 21.6 Å². The minimum atomic E-state index is -4.61. The van der Waals surface area contributed by atoms with E-state index in [1.165, 1.54) is 4.31 Å². The number of hydrogen-bond donors (Lipinski definition) is 0. The second kappa shape index (κ2) is 6.02. The Bertz CT molecular complexity index is 651. The minimum absolute atomic E-state index is 0.156. The average molecular weight is 356 g/mol. The van der Waals surface area contributed by atoms with Crippen LogP contribution >= 0.6 is 11.6 Å². The molecule has 1 fully saturated rings. The van der Waals surface area contributed by atoms with Gasteiger partial charge in [-0.05, 0) is 36.5 Å². The molecule has 1 aliphatic heterocycles. The van der Waals surface area contributed by atoms with Crippen molar-refractivity contribution in [2.45, 2.75) is 31.3 Å². The van der Waals surface area contributed by atoms with Gasteiger partial charge in [0.25, 0.3) is 0 Å². The number of sulfonamides is 1.